The molecule has 0 aliphatic rings. The van der Waals surface area contributed by atoms with Gasteiger partial charge in [0.25, 0.3) is 0 Å². The van der Waals surface area contributed by atoms with Crippen molar-refractivity contribution < 1.29 is 9.84 Å². The van der Waals surface area contributed by atoms with Crippen LogP contribution in [0.15, 0.2) is 43.0 Å². The van der Waals surface area contributed by atoms with Gasteiger partial charge >= 0.3 is 0 Å². The van der Waals surface area contributed by atoms with Crippen LogP contribution in [0, 0.1) is 0 Å². The molecule has 0 radical (unpaired) electrons. The van der Waals surface area contributed by atoms with Gasteiger partial charge in [-0.15, -0.1) is 0 Å². The summed E-state index contributed by atoms with van der Waals surface area (Å²) in [5, 5.41) is 9.44. The minimum atomic E-state index is -1.29. The maximum absolute atomic E-state index is 9.44. The number of aliphatic hydroxyl groups is 1. The highest BCUT2D eigenvalue weighted by Crippen LogP contribution is 2.15. The molecule has 1 rings (SSSR count). The molecule has 2 nitrogen and oxygen atoms in total. The summed E-state index contributed by atoms with van der Waals surface area (Å²) >= 11 is 0. The second-order valence-electron chi connectivity index (χ2n) is 2.67. The lowest BCUT2D eigenvalue weighted by Crippen LogP contribution is -2.28. The van der Waals surface area contributed by atoms with Crippen LogP contribution in [0.25, 0.3) is 0 Å². The Hall–Kier alpha value is -1.28. The van der Waals surface area contributed by atoms with Crippen LogP contribution < -0.4 is 4.74 Å². The average molecular weight is 164 g/mol. The summed E-state index contributed by atoms with van der Waals surface area (Å²) in [4.78, 5) is 0. The third kappa shape index (κ3) is 2.40. The topological polar surface area (TPSA) is 29.5 Å². The molecule has 0 aliphatic carbocycles. The van der Waals surface area contributed by atoms with Gasteiger partial charge in [-0.05, 0) is 18.2 Å². The average Bonchev–Trinajstić information content (AvgIpc) is 2.06. The van der Waals surface area contributed by atoms with Gasteiger partial charge in [0.15, 0.2) is 0 Å². The van der Waals surface area contributed by atoms with Crippen LogP contribution in [0.3, 0.4) is 0 Å². The standard InChI is InChI=1S/C10H12O2/c1-3-10(2,11)12-9-7-5-4-6-8-9/h3-8,11H,1H2,2H3. The molecule has 1 aromatic rings. The number of para-hydroxylation sites is 1. The summed E-state index contributed by atoms with van der Waals surface area (Å²) in [5.74, 6) is -0.663. The van der Waals surface area contributed by atoms with Crippen molar-refractivity contribution in [1.29, 1.82) is 0 Å². The lowest BCUT2D eigenvalue weighted by molar-refractivity contribution is -0.0771. The molecule has 0 spiro atoms. The van der Waals surface area contributed by atoms with Crippen LogP contribution in [-0.2, 0) is 0 Å². The van der Waals surface area contributed by atoms with Gasteiger partial charge in [-0.2, -0.15) is 0 Å². The summed E-state index contributed by atoms with van der Waals surface area (Å²) in [7, 11) is 0. The first-order chi connectivity index (χ1) is 5.64. The molecule has 0 saturated heterocycles. The Bertz CT molecular complexity index is 252. The molecule has 2 heteroatoms. The van der Waals surface area contributed by atoms with Crippen LogP contribution in [0.4, 0.5) is 0 Å². The van der Waals surface area contributed by atoms with Crippen LogP contribution in [-0.4, -0.2) is 10.9 Å². The zero-order valence-electron chi connectivity index (χ0n) is 7.03. The Morgan fingerprint density at radius 1 is 1.42 bits per heavy atom. The van der Waals surface area contributed by atoms with Gasteiger partial charge < -0.3 is 9.84 Å². The zero-order valence-corrected chi connectivity index (χ0v) is 7.03. The third-order valence-electron chi connectivity index (χ3n) is 1.45. The smallest absolute Gasteiger partial charge is 0.224 e. The van der Waals surface area contributed by atoms with Gasteiger partial charge in [-0.3, -0.25) is 0 Å². The predicted molar refractivity (Wildman–Crippen MR) is 47.9 cm³/mol. The molecule has 0 heterocycles. The van der Waals surface area contributed by atoms with E-state index in [1.165, 1.54) is 13.0 Å². The first-order valence-electron chi connectivity index (χ1n) is 3.74. The minimum Gasteiger partial charge on any atom is -0.459 e. The van der Waals surface area contributed by atoms with E-state index in [9.17, 15) is 5.11 Å². The van der Waals surface area contributed by atoms with Crippen LogP contribution in [0.1, 0.15) is 6.92 Å². The zero-order chi connectivity index (χ0) is 9.03. The number of benzene rings is 1. The first-order valence-corrected chi connectivity index (χ1v) is 3.74. The fourth-order valence-corrected chi connectivity index (χ4v) is 0.769. The van der Waals surface area contributed by atoms with E-state index in [1.54, 1.807) is 12.1 Å². The van der Waals surface area contributed by atoms with Gasteiger partial charge in [-0.25, -0.2) is 0 Å². The molecule has 0 aliphatic heterocycles. The SMILES string of the molecule is C=CC(C)(O)Oc1ccccc1. The summed E-state index contributed by atoms with van der Waals surface area (Å²) in [5.41, 5.74) is 0. The van der Waals surface area contributed by atoms with Crippen LogP contribution in [0.2, 0.25) is 0 Å². The lowest BCUT2D eigenvalue weighted by atomic mass is 10.3. The van der Waals surface area contributed by atoms with Crippen molar-refractivity contribution in [3.63, 3.8) is 0 Å². The van der Waals surface area contributed by atoms with E-state index in [0.29, 0.717) is 5.75 Å². The maximum atomic E-state index is 9.44. The van der Waals surface area contributed by atoms with Crippen molar-refractivity contribution >= 4 is 0 Å². The molecule has 64 valence electrons. The molecule has 1 atom stereocenters. The van der Waals surface area contributed by atoms with Crippen molar-refractivity contribution in [3.05, 3.63) is 43.0 Å². The van der Waals surface area contributed by atoms with E-state index in [4.69, 9.17) is 4.74 Å². The highest BCUT2D eigenvalue weighted by molar-refractivity contribution is 5.22. The normalized spacial score (nSPS) is 14.8. The van der Waals surface area contributed by atoms with Gasteiger partial charge in [0.2, 0.25) is 5.79 Å². The molecule has 12 heavy (non-hydrogen) atoms. The Labute approximate surface area is 72.1 Å². The van der Waals surface area contributed by atoms with Crippen molar-refractivity contribution in [2.24, 2.45) is 0 Å². The van der Waals surface area contributed by atoms with Gasteiger partial charge in [0, 0.05) is 6.92 Å². The van der Waals surface area contributed by atoms with E-state index in [0.717, 1.165) is 0 Å². The Morgan fingerprint density at radius 3 is 2.50 bits per heavy atom. The Balaban J connectivity index is 2.70. The fraction of sp³-hybridized carbons (Fsp3) is 0.200. The fourth-order valence-electron chi connectivity index (χ4n) is 0.769. The van der Waals surface area contributed by atoms with E-state index in [2.05, 4.69) is 6.58 Å². The first kappa shape index (κ1) is 8.81. The molecule has 0 fully saturated rings. The largest absolute Gasteiger partial charge is 0.459 e. The molecule has 0 saturated carbocycles. The molecule has 1 N–H and O–H groups in total. The van der Waals surface area contributed by atoms with Gasteiger partial charge in [0.05, 0.1) is 0 Å². The summed E-state index contributed by atoms with van der Waals surface area (Å²) in [6.07, 6.45) is 1.35. The highest BCUT2D eigenvalue weighted by Gasteiger charge is 2.16. The molecule has 0 aromatic heterocycles. The highest BCUT2D eigenvalue weighted by atomic mass is 16.6. The third-order valence-corrected chi connectivity index (χ3v) is 1.45. The van der Waals surface area contributed by atoms with Gasteiger partial charge in [0.1, 0.15) is 5.75 Å². The predicted octanol–water partition coefficient (Wildman–Crippen LogP) is 1.96. The van der Waals surface area contributed by atoms with Crippen LogP contribution in [0.5, 0.6) is 5.75 Å². The molecular weight excluding hydrogens is 152 g/mol. The monoisotopic (exact) mass is 164 g/mol. The van der Waals surface area contributed by atoms with Crippen molar-refractivity contribution in [1.82, 2.24) is 0 Å². The van der Waals surface area contributed by atoms with Crippen molar-refractivity contribution in [3.8, 4) is 5.75 Å². The number of ether oxygens (including phenoxy) is 1. The summed E-state index contributed by atoms with van der Waals surface area (Å²) in [6.45, 7) is 4.99. The van der Waals surface area contributed by atoms with Gasteiger partial charge in [-0.1, -0.05) is 24.8 Å². The van der Waals surface area contributed by atoms with Crippen molar-refractivity contribution in [2.75, 3.05) is 0 Å². The maximum Gasteiger partial charge on any atom is 0.224 e. The lowest BCUT2D eigenvalue weighted by Gasteiger charge is -2.20. The van der Waals surface area contributed by atoms with E-state index in [-0.39, 0.29) is 0 Å². The Morgan fingerprint density at radius 2 is 2.00 bits per heavy atom. The minimum absolute atomic E-state index is 0.627. The summed E-state index contributed by atoms with van der Waals surface area (Å²) in [6, 6.07) is 9.12. The molecule has 0 amide bonds. The molecular formula is C10H12O2. The molecule has 1 unspecified atom stereocenters. The number of hydrogen-bond donors (Lipinski definition) is 1. The van der Waals surface area contributed by atoms with Crippen LogP contribution >= 0.6 is 0 Å². The second-order valence-corrected chi connectivity index (χ2v) is 2.67. The molecule has 1 aromatic carbocycles. The molecule has 0 bridgehead atoms. The quantitative estimate of drug-likeness (QED) is 0.546. The van der Waals surface area contributed by atoms with E-state index in [1.807, 2.05) is 18.2 Å². The van der Waals surface area contributed by atoms with E-state index < -0.39 is 5.79 Å². The second kappa shape index (κ2) is 3.41. The number of rotatable bonds is 3. The van der Waals surface area contributed by atoms with Crippen molar-refractivity contribution in [2.45, 2.75) is 12.7 Å². The van der Waals surface area contributed by atoms with E-state index >= 15 is 0 Å². The number of hydrogen-bond acceptors (Lipinski definition) is 2. The Kier molecular flexibility index (Phi) is 2.51. The summed E-state index contributed by atoms with van der Waals surface area (Å²) < 4.78 is 5.19.